The van der Waals surface area contributed by atoms with Crippen molar-refractivity contribution in [3.05, 3.63) is 18.0 Å². The Morgan fingerprint density at radius 3 is 3.00 bits per heavy atom. The Kier molecular flexibility index (Phi) is 5.14. The quantitative estimate of drug-likeness (QED) is 0.785. The SMILES string of the molecule is CCOCC(=O)N1Cc2ccnn2C[C@@H](CN(C)C)C1. The Balaban J connectivity index is 2.10. The van der Waals surface area contributed by atoms with Crippen LogP contribution in [0.2, 0.25) is 0 Å². The number of rotatable bonds is 5. The van der Waals surface area contributed by atoms with Gasteiger partial charge in [0.15, 0.2) is 0 Å². The Morgan fingerprint density at radius 1 is 1.50 bits per heavy atom. The van der Waals surface area contributed by atoms with Gasteiger partial charge in [0.05, 0.1) is 12.2 Å². The van der Waals surface area contributed by atoms with Crippen LogP contribution >= 0.6 is 0 Å². The van der Waals surface area contributed by atoms with Crippen LogP contribution in [0.3, 0.4) is 0 Å². The van der Waals surface area contributed by atoms with Crippen LogP contribution in [0.15, 0.2) is 12.3 Å². The summed E-state index contributed by atoms with van der Waals surface area (Å²) < 4.78 is 7.27. The maximum Gasteiger partial charge on any atom is 0.248 e. The molecule has 1 atom stereocenters. The molecule has 0 fully saturated rings. The van der Waals surface area contributed by atoms with E-state index in [0.717, 1.165) is 25.3 Å². The summed E-state index contributed by atoms with van der Waals surface area (Å²) in [5.41, 5.74) is 1.09. The standard InChI is InChI=1S/C14H24N4O2/c1-4-20-11-14(19)17-8-12(7-16(2)3)9-18-13(10-17)5-6-15-18/h5-6,12H,4,7-11H2,1-3H3/t12-/m0/s1. The van der Waals surface area contributed by atoms with Crippen LogP contribution in [-0.2, 0) is 22.6 Å². The minimum atomic E-state index is 0.0604. The van der Waals surface area contributed by atoms with E-state index in [-0.39, 0.29) is 12.5 Å². The van der Waals surface area contributed by atoms with Crippen molar-refractivity contribution in [3.8, 4) is 0 Å². The van der Waals surface area contributed by atoms with Crippen molar-refractivity contribution in [3.63, 3.8) is 0 Å². The smallest absolute Gasteiger partial charge is 0.248 e. The topological polar surface area (TPSA) is 50.6 Å². The molecule has 0 saturated carbocycles. The van der Waals surface area contributed by atoms with Gasteiger partial charge in [0.2, 0.25) is 5.91 Å². The molecule has 0 spiro atoms. The highest BCUT2D eigenvalue weighted by Crippen LogP contribution is 2.16. The van der Waals surface area contributed by atoms with Crippen LogP contribution < -0.4 is 0 Å². The summed E-state index contributed by atoms with van der Waals surface area (Å²) >= 11 is 0. The molecule has 0 unspecified atom stereocenters. The summed E-state index contributed by atoms with van der Waals surface area (Å²) in [5.74, 6) is 0.446. The second kappa shape index (κ2) is 6.85. The molecule has 2 heterocycles. The summed E-state index contributed by atoms with van der Waals surface area (Å²) in [6.45, 7) is 5.82. The first kappa shape index (κ1) is 15.0. The number of hydrogen-bond acceptors (Lipinski definition) is 4. The maximum atomic E-state index is 12.2. The van der Waals surface area contributed by atoms with Gasteiger partial charge in [-0.2, -0.15) is 5.10 Å². The van der Waals surface area contributed by atoms with Crippen LogP contribution in [0, 0.1) is 5.92 Å². The number of aromatic nitrogens is 2. The van der Waals surface area contributed by atoms with E-state index in [2.05, 4.69) is 24.1 Å². The van der Waals surface area contributed by atoms with Crippen LogP contribution in [0.25, 0.3) is 0 Å². The molecule has 0 bridgehead atoms. The molecule has 20 heavy (non-hydrogen) atoms. The molecule has 0 radical (unpaired) electrons. The van der Waals surface area contributed by atoms with Crippen LogP contribution in [0.4, 0.5) is 0 Å². The Morgan fingerprint density at radius 2 is 2.30 bits per heavy atom. The van der Waals surface area contributed by atoms with Gasteiger partial charge in [0.25, 0.3) is 0 Å². The van der Waals surface area contributed by atoms with Gasteiger partial charge in [0.1, 0.15) is 6.61 Å². The van der Waals surface area contributed by atoms with E-state index in [1.807, 2.05) is 22.6 Å². The molecular weight excluding hydrogens is 256 g/mol. The first-order valence-corrected chi connectivity index (χ1v) is 7.11. The molecule has 1 aliphatic heterocycles. The third-order valence-corrected chi connectivity index (χ3v) is 3.47. The lowest BCUT2D eigenvalue weighted by Gasteiger charge is -2.25. The van der Waals surface area contributed by atoms with Crippen molar-refractivity contribution in [1.82, 2.24) is 19.6 Å². The van der Waals surface area contributed by atoms with Gasteiger partial charge < -0.3 is 14.5 Å². The predicted molar refractivity (Wildman–Crippen MR) is 76.2 cm³/mol. The number of fused-ring (bicyclic) bond motifs is 1. The summed E-state index contributed by atoms with van der Waals surface area (Å²) in [7, 11) is 4.11. The molecule has 6 nitrogen and oxygen atoms in total. The number of carbonyl (C=O) groups excluding carboxylic acids is 1. The Hall–Kier alpha value is -1.40. The largest absolute Gasteiger partial charge is 0.372 e. The normalized spacial score (nSPS) is 19.0. The van der Waals surface area contributed by atoms with E-state index in [4.69, 9.17) is 4.74 Å². The molecule has 112 valence electrons. The third-order valence-electron chi connectivity index (χ3n) is 3.47. The van der Waals surface area contributed by atoms with Crippen molar-refractivity contribution in [2.75, 3.05) is 40.4 Å². The highest BCUT2D eigenvalue weighted by Gasteiger charge is 2.25. The van der Waals surface area contributed by atoms with Crippen molar-refractivity contribution >= 4 is 5.91 Å². The monoisotopic (exact) mass is 280 g/mol. The van der Waals surface area contributed by atoms with Gasteiger partial charge in [-0.1, -0.05) is 0 Å². The molecule has 1 aromatic rings. The van der Waals surface area contributed by atoms with Crippen molar-refractivity contribution in [1.29, 1.82) is 0 Å². The van der Waals surface area contributed by atoms with E-state index < -0.39 is 0 Å². The lowest BCUT2D eigenvalue weighted by Crippen LogP contribution is -2.39. The molecule has 6 heteroatoms. The van der Waals surface area contributed by atoms with Crippen molar-refractivity contribution in [2.45, 2.75) is 20.0 Å². The number of hydrogen-bond donors (Lipinski definition) is 0. The van der Waals surface area contributed by atoms with Gasteiger partial charge in [-0.15, -0.1) is 0 Å². The molecule has 0 N–H and O–H groups in total. The number of ether oxygens (including phenoxy) is 1. The van der Waals surface area contributed by atoms with Gasteiger partial charge in [-0.25, -0.2) is 0 Å². The predicted octanol–water partition coefficient (Wildman–Crippen LogP) is 0.440. The Labute approximate surface area is 120 Å². The second-order valence-electron chi connectivity index (χ2n) is 5.54. The number of carbonyl (C=O) groups is 1. The van der Waals surface area contributed by atoms with Gasteiger partial charge in [0, 0.05) is 38.4 Å². The molecule has 1 amide bonds. The lowest BCUT2D eigenvalue weighted by molar-refractivity contribution is -0.137. The minimum Gasteiger partial charge on any atom is -0.372 e. The summed E-state index contributed by atoms with van der Waals surface area (Å²) in [6.07, 6.45) is 1.80. The highest BCUT2D eigenvalue weighted by atomic mass is 16.5. The number of nitrogens with zero attached hydrogens (tertiary/aromatic N) is 4. The van der Waals surface area contributed by atoms with E-state index in [9.17, 15) is 4.79 Å². The van der Waals surface area contributed by atoms with Crippen LogP contribution in [0.1, 0.15) is 12.6 Å². The molecule has 2 rings (SSSR count). The van der Waals surface area contributed by atoms with Crippen molar-refractivity contribution < 1.29 is 9.53 Å². The molecule has 0 aliphatic carbocycles. The summed E-state index contributed by atoms with van der Waals surface area (Å²) in [4.78, 5) is 16.3. The van der Waals surface area contributed by atoms with Gasteiger partial charge in [-0.05, 0) is 27.1 Å². The fraction of sp³-hybridized carbons (Fsp3) is 0.714. The summed E-state index contributed by atoms with van der Waals surface area (Å²) in [6, 6.07) is 1.99. The number of amides is 1. The molecule has 1 aromatic heterocycles. The van der Waals surface area contributed by atoms with Gasteiger partial charge in [-0.3, -0.25) is 9.48 Å². The van der Waals surface area contributed by atoms with E-state index in [0.29, 0.717) is 19.1 Å². The van der Waals surface area contributed by atoms with Crippen LogP contribution in [-0.4, -0.2) is 65.9 Å². The Bertz CT molecular complexity index is 444. The van der Waals surface area contributed by atoms with E-state index in [1.54, 1.807) is 6.20 Å². The lowest BCUT2D eigenvalue weighted by atomic mass is 10.1. The van der Waals surface area contributed by atoms with E-state index in [1.165, 1.54) is 0 Å². The maximum absolute atomic E-state index is 12.2. The van der Waals surface area contributed by atoms with E-state index >= 15 is 0 Å². The first-order chi connectivity index (χ1) is 9.60. The molecule has 1 aliphatic rings. The fourth-order valence-corrected chi connectivity index (χ4v) is 2.64. The molecular formula is C14H24N4O2. The zero-order chi connectivity index (χ0) is 14.5. The average molecular weight is 280 g/mol. The molecule has 0 saturated heterocycles. The van der Waals surface area contributed by atoms with Crippen LogP contribution in [0.5, 0.6) is 0 Å². The average Bonchev–Trinajstić information content (AvgIpc) is 2.74. The second-order valence-corrected chi connectivity index (χ2v) is 5.54. The van der Waals surface area contributed by atoms with Gasteiger partial charge >= 0.3 is 0 Å². The first-order valence-electron chi connectivity index (χ1n) is 7.11. The fourth-order valence-electron chi connectivity index (χ4n) is 2.64. The third kappa shape index (κ3) is 3.80. The molecule has 0 aromatic carbocycles. The minimum absolute atomic E-state index is 0.0604. The summed E-state index contributed by atoms with van der Waals surface area (Å²) in [5, 5.41) is 4.36. The zero-order valence-electron chi connectivity index (χ0n) is 12.6. The highest BCUT2D eigenvalue weighted by molar-refractivity contribution is 5.77. The van der Waals surface area contributed by atoms with Crippen molar-refractivity contribution in [2.24, 2.45) is 5.92 Å². The zero-order valence-corrected chi connectivity index (χ0v) is 12.6.